The van der Waals surface area contributed by atoms with E-state index in [1.807, 2.05) is 30.6 Å². The third kappa shape index (κ3) is 5.38. The van der Waals surface area contributed by atoms with Crippen molar-refractivity contribution >= 4 is 16.6 Å². The Morgan fingerprint density at radius 1 is 0.774 bits per heavy atom. The van der Waals surface area contributed by atoms with Crippen LogP contribution in [0.25, 0.3) is 10.9 Å². The minimum atomic E-state index is 0.767. The second-order valence-electron chi connectivity index (χ2n) is 7.98. The van der Waals surface area contributed by atoms with Gasteiger partial charge in [0.1, 0.15) is 5.75 Å². The minimum absolute atomic E-state index is 0.767. The van der Waals surface area contributed by atoms with Crippen LogP contribution in [0.1, 0.15) is 16.8 Å². The molecule has 0 radical (unpaired) electrons. The molecule has 4 aromatic rings. The van der Waals surface area contributed by atoms with Gasteiger partial charge in [0.05, 0.1) is 18.3 Å². The Bertz CT molecular complexity index is 1160. The first-order valence-electron chi connectivity index (χ1n) is 10.4. The number of fused-ring (bicyclic) bond motifs is 1. The molecule has 0 saturated carbocycles. The van der Waals surface area contributed by atoms with Crippen molar-refractivity contribution in [3.63, 3.8) is 0 Å². The molecule has 2 heterocycles. The van der Waals surface area contributed by atoms with Crippen LogP contribution in [0, 0.1) is 0 Å². The van der Waals surface area contributed by atoms with Gasteiger partial charge in [0.15, 0.2) is 0 Å². The third-order valence-electron chi connectivity index (χ3n) is 5.19. The van der Waals surface area contributed by atoms with E-state index in [9.17, 15) is 0 Å². The Balaban J connectivity index is 1.67. The average molecular weight is 413 g/mol. The van der Waals surface area contributed by atoms with Crippen LogP contribution in [0.15, 0.2) is 79.1 Å². The Kier molecular flexibility index (Phi) is 6.43. The Hall–Kier alpha value is -3.44. The zero-order valence-corrected chi connectivity index (χ0v) is 18.3. The maximum absolute atomic E-state index is 5.43. The molecule has 0 aliphatic carbocycles. The smallest absolute Gasteiger partial charge is 0.119 e. The molecule has 5 nitrogen and oxygen atoms in total. The van der Waals surface area contributed by atoms with Gasteiger partial charge in [-0.05, 0) is 61.6 Å². The summed E-state index contributed by atoms with van der Waals surface area (Å²) in [6.45, 7) is 2.35. The van der Waals surface area contributed by atoms with E-state index in [2.05, 4.69) is 82.4 Å². The van der Waals surface area contributed by atoms with E-state index >= 15 is 0 Å². The van der Waals surface area contributed by atoms with Crippen molar-refractivity contribution in [3.05, 3.63) is 95.9 Å². The summed E-state index contributed by atoms with van der Waals surface area (Å²) in [5.74, 6) is 0.871. The van der Waals surface area contributed by atoms with E-state index in [0.29, 0.717) is 0 Å². The van der Waals surface area contributed by atoms with E-state index in [-0.39, 0.29) is 0 Å². The molecule has 31 heavy (non-hydrogen) atoms. The van der Waals surface area contributed by atoms with Crippen molar-refractivity contribution in [3.8, 4) is 5.75 Å². The van der Waals surface area contributed by atoms with E-state index in [0.717, 1.165) is 47.7 Å². The summed E-state index contributed by atoms with van der Waals surface area (Å²) in [5, 5.41) is 1.16. The number of methoxy groups -OCH3 is 1. The van der Waals surface area contributed by atoms with Crippen LogP contribution >= 0.6 is 0 Å². The molecule has 4 rings (SSSR count). The first-order chi connectivity index (χ1) is 15.1. The van der Waals surface area contributed by atoms with Gasteiger partial charge in [0, 0.05) is 43.1 Å². The van der Waals surface area contributed by atoms with Gasteiger partial charge >= 0.3 is 0 Å². The molecule has 0 aliphatic heterocycles. The number of ether oxygens (including phenoxy) is 1. The lowest BCUT2D eigenvalue weighted by molar-refractivity contribution is 0.397. The molecular weight excluding hydrogens is 384 g/mol. The summed E-state index contributed by atoms with van der Waals surface area (Å²) in [6.07, 6.45) is 3.74. The highest BCUT2D eigenvalue weighted by Crippen LogP contribution is 2.24. The van der Waals surface area contributed by atoms with E-state index in [1.54, 1.807) is 7.11 Å². The minimum Gasteiger partial charge on any atom is -0.497 e. The molecule has 0 amide bonds. The van der Waals surface area contributed by atoms with E-state index in [4.69, 9.17) is 4.74 Å². The molecule has 0 spiro atoms. The molecule has 2 aromatic carbocycles. The fourth-order valence-electron chi connectivity index (χ4n) is 3.73. The third-order valence-corrected chi connectivity index (χ3v) is 5.19. The maximum atomic E-state index is 5.43. The highest BCUT2D eigenvalue weighted by Gasteiger charge is 2.12. The predicted molar refractivity (Wildman–Crippen MR) is 126 cm³/mol. The summed E-state index contributed by atoms with van der Waals surface area (Å²) >= 11 is 0. The molecule has 0 N–H and O–H groups in total. The van der Waals surface area contributed by atoms with Crippen LogP contribution < -0.4 is 9.64 Å². The lowest BCUT2D eigenvalue weighted by Gasteiger charge is -2.26. The summed E-state index contributed by atoms with van der Waals surface area (Å²) in [5.41, 5.74) is 5.64. The van der Waals surface area contributed by atoms with Gasteiger partial charge in [-0.2, -0.15) is 0 Å². The lowest BCUT2D eigenvalue weighted by atomic mass is 10.1. The standard InChI is InChI=1S/C26H28N4O/c1-29(2)19-23-16-24(11-13-27-23)30(17-20-6-4-8-25(14-20)31-3)18-21-9-10-22-7-5-12-28-26(22)15-21/h4-16H,17-19H2,1-3H3. The van der Waals surface area contributed by atoms with Crippen LogP contribution in [0.2, 0.25) is 0 Å². The van der Waals surface area contributed by atoms with E-state index < -0.39 is 0 Å². The van der Waals surface area contributed by atoms with Gasteiger partial charge in [-0.1, -0.05) is 30.3 Å². The molecule has 2 aromatic heterocycles. The van der Waals surface area contributed by atoms with Crippen molar-refractivity contribution < 1.29 is 4.74 Å². The van der Waals surface area contributed by atoms with Crippen LogP contribution in [-0.2, 0) is 19.6 Å². The monoisotopic (exact) mass is 412 g/mol. The summed E-state index contributed by atoms with van der Waals surface area (Å²) in [7, 11) is 5.82. The average Bonchev–Trinajstić information content (AvgIpc) is 2.78. The number of aromatic nitrogens is 2. The van der Waals surface area contributed by atoms with E-state index in [1.165, 1.54) is 11.1 Å². The topological polar surface area (TPSA) is 41.5 Å². The summed E-state index contributed by atoms with van der Waals surface area (Å²) in [6, 6.07) is 23.1. The van der Waals surface area contributed by atoms with Gasteiger partial charge < -0.3 is 14.5 Å². The van der Waals surface area contributed by atoms with Gasteiger partial charge in [0.2, 0.25) is 0 Å². The first kappa shape index (κ1) is 20.8. The Morgan fingerprint density at radius 3 is 2.42 bits per heavy atom. The van der Waals surface area contributed by atoms with Crippen LogP contribution in [0.4, 0.5) is 5.69 Å². The van der Waals surface area contributed by atoms with Crippen molar-refractivity contribution in [2.24, 2.45) is 0 Å². The molecule has 0 bridgehead atoms. The number of hydrogen-bond acceptors (Lipinski definition) is 5. The molecule has 0 atom stereocenters. The van der Waals surface area contributed by atoms with Crippen molar-refractivity contribution in [2.75, 3.05) is 26.1 Å². The summed E-state index contributed by atoms with van der Waals surface area (Å²) in [4.78, 5) is 13.6. The fourth-order valence-corrected chi connectivity index (χ4v) is 3.73. The molecule has 0 fully saturated rings. The highest BCUT2D eigenvalue weighted by molar-refractivity contribution is 5.78. The first-order valence-corrected chi connectivity index (χ1v) is 10.4. The quantitative estimate of drug-likeness (QED) is 0.411. The Labute approximate surface area is 183 Å². The zero-order chi connectivity index (χ0) is 21.6. The second-order valence-corrected chi connectivity index (χ2v) is 7.98. The normalized spacial score (nSPS) is 11.1. The SMILES string of the molecule is COc1cccc(CN(Cc2ccc3cccnc3c2)c2ccnc(CN(C)C)c2)c1. The van der Waals surface area contributed by atoms with Crippen LogP contribution in [0.5, 0.6) is 5.75 Å². The predicted octanol–water partition coefficient (Wildman–Crippen LogP) is 4.91. The highest BCUT2D eigenvalue weighted by atomic mass is 16.5. The van der Waals surface area contributed by atoms with Crippen molar-refractivity contribution in [1.82, 2.24) is 14.9 Å². The van der Waals surface area contributed by atoms with Crippen LogP contribution in [-0.4, -0.2) is 36.1 Å². The fraction of sp³-hybridized carbons (Fsp3) is 0.231. The molecule has 0 saturated heterocycles. The van der Waals surface area contributed by atoms with Gasteiger partial charge in [0.25, 0.3) is 0 Å². The number of pyridine rings is 2. The largest absolute Gasteiger partial charge is 0.497 e. The molecule has 0 unspecified atom stereocenters. The second kappa shape index (κ2) is 9.58. The lowest BCUT2D eigenvalue weighted by Crippen LogP contribution is -2.23. The van der Waals surface area contributed by atoms with Crippen molar-refractivity contribution in [2.45, 2.75) is 19.6 Å². The summed E-state index contributed by atoms with van der Waals surface area (Å²) < 4.78 is 5.43. The molecule has 5 heteroatoms. The molecular formula is C26H28N4O. The number of rotatable bonds is 8. The molecule has 158 valence electrons. The Morgan fingerprint density at radius 2 is 1.61 bits per heavy atom. The van der Waals surface area contributed by atoms with Gasteiger partial charge in [-0.3, -0.25) is 9.97 Å². The number of hydrogen-bond donors (Lipinski definition) is 0. The van der Waals surface area contributed by atoms with Gasteiger partial charge in [-0.25, -0.2) is 0 Å². The van der Waals surface area contributed by atoms with Crippen LogP contribution in [0.3, 0.4) is 0 Å². The number of anilines is 1. The van der Waals surface area contributed by atoms with Crippen molar-refractivity contribution in [1.29, 1.82) is 0 Å². The number of benzene rings is 2. The zero-order valence-electron chi connectivity index (χ0n) is 18.3. The number of nitrogens with zero attached hydrogens (tertiary/aromatic N) is 4. The molecule has 0 aliphatic rings. The maximum Gasteiger partial charge on any atom is 0.119 e. The van der Waals surface area contributed by atoms with Gasteiger partial charge in [-0.15, -0.1) is 0 Å².